The molecular weight excluding hydrogens is 285 g/mol. The second-order valence-corrected chi connectivity index (χ2v) is 4.57. The van der Waals surface area contributed by atoms with Crippen molar-refractivity contribution in [2.24, 2.45) is 0 Å². The van der Waals surface area contributed by atoms with Gasteiger partial charge in [-0.05, 0) is 6.92 Å². The molecule has 1 aromatic carbocycles. The molecule has 1 heterocycles. The normalized spacial score (nSPS) is 23.2. The fourth-order valence-corrected chi connectivity index (χ4v) is 2.20. The number of rotatable bonds is 2. The fraction of sp³-hybridized carbons (Fsp3) is 0.500. The van der Waals surface area contributed by atoms with Crippen molar-refractivity contribution in [2.45, 2.75) is 19.1 Å². The van der Waals surface area contributed by atoms with Gasteiger partial charge in [-0.15, -0.1) is 0 Å². The van der Waals surface area contributed by atoms with E-state index in [4.69, 9.17) is 9.84 Å². The first-order valence-corrected chi connectivity index (χ1v) is 5.89. The number of hydrogen-bond donors (Lipinski definition) is 1. The van der Waals surface area contributed by atoms with Crippen LogP contribution in [-0.4, -0.2) is 37.0 Å². The highest BCUT2D eigenvalue weighted by molar-refractivity contribution is 5.51. The van der Waals surface area contributed by atoms with Crippen LogP contribution in [0.4, 0.5) is 27.6 Å². The van der Waals surface area contributed by atoms with E-state index in [-0.39, 0.29) is 13.1 Å². The third kappa shape index (κ3) is 2.45. The molecule has 1 N–H and O–H groups in total. The van der Waals surface area contributed by atoms with Gasteiger partial charge in [0.25, 0.3) is 0 Å². The summed E-state index contributed by atoms with van der Waals surface area (Å²) in [6, 6.07) is 0. The maximum absolute atomic E-state index is 13.7. The van der Waals surface area contributed by atoms with E-state index in [2.05, 4.69) is 0 Å². The number of ether oxygens (including phenoxy) is 1. The van der Waals surface area contributed by atoms with E-state index in [0.717, 1.165) is 4.90 Å². The summed E-state index contributed by atoms with van der Waals surface area (Å²) < 4.78 is 71.9. The minimum atomic E-state index is -2.19. The predicted molar refractivity (Wildman–Crippen MR) is 59.9 cm³/mol. The molecule has 1 aromatic rings. The Morgan fingerprint density at radius 1 is 1.00 bits per heavy atom. The zero-order chi connectivity index (χ0) is 15.0. The van der Waals surface area contributed by atoms with Crippen molar-refractivity contribution >= 4 is 5.69 Å². The lowest BCUT2D eigenvalue weighted by atomic mass is 10.1. The molecule has 3 nitrogen and oxygen atoms in total. The van der Waals surface area contributed by atoms with Gasteiger partial charge in [0.15, 0.2) is 23.3 Å². The molecular formula is C12H12F5NO2. The van der Waals surface area contributed by atoms with Gasteiger partial charge in [-0.25, -0.2) is 22.0 Å². The zero-order valence-corrected chi connectivity index (χ0v) is 10.5. The van der Waals surface area contributed by atoms with E-state index in [1.165, 1.54) is 0 Å². The van der Waals surface area contributed by atoms with Crippen molar-refractivity contribution in [1.29, 1.82) is 0 Å². The number of hydrogen-bond acceptors (Lipinski definition) is 3. The lowest BCUT2D eigenvalue weighted by Gasteiger charge is -2.37. The van der Waals surface area contributed by atoms with Gasteiger partial charge in [0.05, 0.1) is 18.8 Å². The van der Waals surface area contributed by atoms with Crippen molar-refractivity contribution in [3.05, 3.63) is 29.1 Å². The van der Waals surface area contributed by atoms with E-state index in [9.17, 15) is 22.0 Å². The lowest BCUT2D eigenvalue weighted by molar-refractivity contribution is -0.0424. The molecule has 0 amide bonds. The van der Waals surface area contributed by atoms with Crippen molar-refractivity contribution in [2.75, 3.05) is 24.6 Å². The second-order valence-electron chi connectivity index (χ2n) is 4.57. The highest BCUT2D eigenvalue weighted by atomic mass is 19.2. The number of anilines is 1. The van der Waals surface area contributed by atoms with Crippen molar-refractivity contribution in [3.63, 3.8) is 0 Å². The Hall–Kier alpha value is -1.41. The third-order valence-corrected chi connectivity index (χ3v) is 3.03. The molecule has 1 fully saturated rings. The summed E-state index contributed by atoms with van der Waals surface area (Å²) in [7, 11) is 0. The van der Waals surface area contributed by atoms with Crippen molar-refractivity contribution < 1.29 is 31.8 Å². The predicted octanol–water partition coefficient (Wildman–Crippen LogP) is 1.97. The highest BCUT2D eigenvalue weighted by Gasteiger charge is 2.33. The Balaban J connectivity index is 2.47. The minimum absolute atomic E-state index is 0.0468. The van der Waals surface area contributed by atoms with Crippen LogP contribution in [0.25, 0.3) is 0 Å². The highest BCUT2D eigenvalue weighted by Crippen LogP contribution is 2.31. The number of halogens is 5. The van der Waals surface area contributed by atoms with E-state index < -0.39 is 53.6 Å². The summed E-state index contributed by atoms with van der Waals surface area (Å²) in [5.74, 6) is -9.93. The van der Waals surface area contributed by atoms with Crippen LogP contribution in [0.15, 0.2) is 0 Å². The maximum Gasteiger partial charge on any atom is 0.200 e. The fourth-order valence-electron chi connectivity index (χ4n) is 2.20. The van der Waals surface area contributed by atoms with Gasteiger partial charge in [0.1, 0.15) is 5.69 Å². The molecule has 1 saturated heterocycles. The number of morpholine rings is 1. The summed E-state index contributed by atoms with van der Waals surface area (Å²) in [6.45, 7) is 0.936. The summed E-state index contributed by atoms with van der Waals surface area (Å²) >= 11 is 0. The molecule has 8 heteroatoms. The summed E-state index contributed by atoms with van der Waals surface area (Å²) in [5.41, 5.74) is -0.991. The Kier molecular flexibility index (Phi) is 4.14. The molecule has 1 aliphatic heterocycles. The van der Waals surface area contributed by atoms with E-state index in [1.807, 2.05) is 0 Å². The first-order valence-electron chi connectivity index (χ1n) is 5.89. The van der Waals surface area contributed by atoms with Crippen molar-refractivity contribution in [3.8, 4) is 0 Å². The molecule has 2 unspecified atom stereocenters. The molecule has 0 aromatic heterocycles. The smallest absolute Gasteiger partial charge is 0.200 e. The molecule has 20 heavy (non-hydrogen) atoms. The summed E-state index contributed by atoms with van der Waals surface area (Å²) in [4.78, 5) is 0.991. The molecule has 2 rings (SSSR count). The van der Waals surface area contributed by atoms with Crippen LogP contribution >= 0.6 is 0 Å². The van der Waals surface area contributed by atoms with Crippen LogP contribution < -0.4 is 4.90 Å². The van der Waals surface area contributed by atoms with Gasteiger partial charge in [0.2, 0.25) is 5.82 Å². The van der Waals surface area contributed by atoms with Gasteiger partial charge in [-0.1, -0.05) is 0 Å². The minimum Gasteiger partial charge on any atom is -0.394 e. The Labute approximate surface area is 111 Å². The molecule has 0 radical (unpaired) electrons. The molecule has 2 atom stereocenters. The largest absolute Gasteiger partial charge is 0.394 e. The molecule has 112 valence electrons. The summed E-state index contributed by atoms with van der Waals surface area (Å²) in [5, 5.41) is 9.02. The standard InChI is InChI=1S/C12H12F5NO2/c1-5-2-18(3-6(4-19)20-5)12-10(16)8(14)7(13)9(15)11(12)17/h5-6,19H,2-4H2,1H3. The van der Waals surface area contributed by atoms with Crippen LogP contribution in [0.5, 0.6) is 0 Å². The maximum atomic E-state index is 13.7. The van der Waals surface area contributed by atoms with Crippen LogP contribution in [-0.2, 0) is 4.74 Å². The average molecular weight is 297 g/mol. The SMILES string of the molecule is CC1CN(c2c(F)c(F)c(F)c(F)c2F)CC(CO)O1. The van der Waals surface area contributed by atoms with Gasteiger partial charge in [-0.3, -0.25) is 0 Å². The summed E-state index contributed by atoms with van der Waals surface area (Å²) in [6.07, 6.45) is -1.27. The third-order valence-electron chi connectivity index (χ3n) is 3.03. The number of nitrogens with zero attached hydrogens (tertiary/aromatic N) is 1. The van der Waals surface area contributed by atoms with Crippen LogP contribution in [0.2, 0.25) is 0 Å². The second kappa shape index (κ2) is 5.53. The molecule has 0 saturated carbocycles. The van der Waals surface area contributed by atoms with Gasteiger partial charge >= 0.3 is 0 Å². The van der Waals surface area contributed by atoms with Crippen LogP contribution in [0.1, 0.15) is 6.92 Å². The molecule has 0 bridgehead atoms. The molecule has 1 aliphatic rings. The van der Waals surface area contributed by atoms with Crippen LogP contribution in [0, 0.1) is 29.1 Å². The van der Waals surface area contributed by atoms with Crippen molar-refractivity contribution in [1.82, 2.24) is 0 Å². The monoisotopic (exact) mass is 297 g/mol. The molecule has 0 spiro atoms. The van der Waals surface area contributed by atoms with Gasteiger partial charge in [-0.2, -0.15) is 0 Å². The number of benzene rings is 1. The Morgan fingerprint density at radius 2 is 1.50 bits per heavy atom. The topological polar surface area (TPSA) is 32.7 Å². The number of aliphatic hydroxyl groups is 1. The van der Waals surface area contributed by atoms with Crippen LogP contribution in [0.3, 0.4) is 0 Å². The Morgan fingerprint density at radius 3 is 2.00 bits per heavy atom. The van der Waals surface area contributed by atoms with E-state index in [1.54, 1.807) is 6.92 Å². The van der Waals surface area contributed by atoms with E-state index in [0.29, 0.717) is 0 Å². The van der Waals surface area contributed by atoms with Gasteiger partial charge < -0.3 is 14.7 Å². The zero-order valence-electron chi connectivity index (χ0n) is 10.5. The van der Waals surface area contributed by atoms with Gasteiger partial charge in [0, 0.05) is 13.1 Å². The molecule has 0 aliphatic carbocycles. The number of aliphatic hydroxyl groups excluding tert-OH is 1. The quantitative estimate of drug-likeness (QED) is 0.515. The first-order chi connectivity index (χ1) is 9.36. The average Bonchev–Trinajstić information content (AvgIpc) is 2.42. The Bertz CT molecular complexity index is 496. The first kappa shape index (κ1) is 15.0. The lowest BCUT2D eigenvalue weighted by Crippen LogP contribution is -2.48. The van der Waals surface area contributed by atoms with E-state index >= 15 is 0 Å².